The number of amides is 4. The summed E-state index contributed by atoms with van der Waals surface area (Å²) in [6.07, 6.45) is -1.40. The van der Waals surface area contributed by atoms with Crippen molar-refractivity contribution in [2.75, 3.05) is 27.2 Å². The van der Waals surface area contributed by atoms with Crippen molar-refractivity contribution in [3.63, 3.8) is 0 Å². The van der Waals surface area contributed by atoms with Crippen LogP contribution < -0.4 is 21.3 Å². The summed E-state index contributed by atoms with van der Waals surface area (Å²) in [7, 11) is 3.30. The number of carbonyl (C=O) groups is 4. The van der Waals surface area contributed by atoms with E-state index in [0.29, 0.717) is 51.5 Å². The number of imidazole rings is 1. The van der Waals surface area contributed by atoms with E-state index in [9.17, 15) is 23.6 Å². The molecule has 0 bridgehead atoms. The normalized spacial score (nSPS) is 21.5. The number of fused-ring (bicyclic) bond motifs is 2. The molecule has 8 unspecified atom stereocenters. The summed E-state index contributed by atoms with van der Waals surface area (Å²) in [6, 6.07) is 5.33. The summed E-state index contributed by atoms with van der Waals surface area (Å²) in [5, 5.41) is 12.7. The number of likely N-dealkylation sites (tertiary alicyclic amines) is 2. The molecule has 8 atom stereocenters. The summed E-state index contributed by atoms with van der Waals surface area (Å²) in [4.78, 5) is 66.0. The molecule has 6 rings (SSSR count). The largest absolute Gasteiger partial charge is 0.352 e. The minimum atomic E-state index is -1.34. The van der Waals surface area contributed by atoms with Gasteiger partial charge in [-0.05, 0) is 76.0 Å². The molecule has 13 nitrogen and oxygen atoms in total. The number of carbonyl (C=O) groups excluding carboxylic acids is 4. The predicted molar refractivity (Wildman–Crippen MR) is 231 cm³/mol. The molecule has 0 spiro atoms. The average molecular weight is 870 g/mol. The fraction of sp³-hybridized carbons (Fsp3) is 0.568. The first-order valence-corrected chi connectivity index (χ1v) is 21.5. The highest BCUT2D eigenvalue weighted by molar-refractivity contribution is 6.31. The lowest BCUT2D eigenvalue weighted by Crippen LogP contribution is -2.58. The third-order valence-corrected chi connectivity index (χ3v) is 12.4. The standard InChI is InChI=1S/C44H59ClF3N9O4/c1-9-10-33(53-40(58)23(2)49-7)42(60)55-20-27(47)16-29(55)19-32-31-13-11-25(45)15-34(31)51-37(32)39-52-35-18-26(46)12-14-36(35)57(39)22-30-17-28(48)21-56(30)43(61)38(44(4,5)6)54-41(59)24(3)50-8/h11-15,18,23-24,27-30,33,38,49-51H,9-10,16-17,19-22H2,1-8H3,(H,53,58)(H,54,59). The van der Waals surface area contributed by atoms with Crippen LogP contribution in [0.3, 0.4) is 0 Å². The second-order valence-corrected chi connectivity index (χ2v) is 18.1. The van der Waals surface area contributed by atoms with Gasteiger partial charge in [-0.25, -0.2) is 18.2 Å². The van der Waals surface area contributed by atoms with Gasteiger partial charge in [-0.3, -0.25) is 19.2 Å². The molecule has 4 heterocycles. The fourth-order valence-corrected chi connectivity index (χ4v) is 8.74. The van der Waals surface area contributed by atoms with Crippen LogP contribution in [0.2, 0.25) is 5.02 Å². The lowest BCUT2D eigenvalue weighted by molar-refractivity contribution is -0.140. The molecular formula is C44H59ClF3N9O4. The molecule has 5 N–H and O–H groups in total. The van der Waals surface area contributed by atoms with E-state index in [1.807, 2.05) is 38.3 Å². The Balaban J connectivity index is 1.42. The number of benzene rings is 2. The van der Waals surface area contributed by atoms with Gasteiger partial charge in [-0.15, -0.1) is 0 Å². The Labute approximate surface area is 359 Å². The summed E-state index contributed by atoms with van der Waals surface area (Å²) in [6.45, 7) is 10.6. The van der Waals surface area contributed by atoms with E-state index < -0.39 is 65.7 Å². The minimum Gasteiger partial charge on any atom is -0.352 e. The number of H-pyrrole nitrogens is 1. The quantitative estimate of drug-likeness (QED) is 0.107. The van der Waals surface area contributed by atoms with Gasteiger partial charge in [0.15, 0.2) is 5.82 Å². The molecule has 4 amide bonds. The Hall–Kier alpha value is -4.67. The van der Waals surface area contributed by atoms with Crippen LogP contribution in [0, 0.1) is 11.2 Å². The van der Waals surface area contributed by atoms with Crippen LogP contribution in [0.4, 0.5) is 13.2 Å². The Morgan fingerprint density at radius 2 is 1.52 bits per heavy atom. The van der Waals surface area contributed by atoms with Gasteiger partial charge in [-0.1, -0.05) is 51.8 Å². The summed E-state index contributed by atoms with van der Waals surface area (Å²) in [5.41, 5.74) is 2.00. The molecule has 2 saturated heterocycles. The van der Waals surface area contributed by atoms with E-state index in [-0.39, 0.29) is 56.6 Å². The van der Waals surface area contributed by atoms with Crippen molar-refractivity contribution >= 4 is 57.2 Å². The highest BCUT2D eigenvalue weighted by atomic mass is 35.5. The maximum Gasteiger partial charge on any atom is 0.246 e. The molecule has 4 aromatic rings. The van der Waals surface area contributed by atoms with Crippen LogP contribution in [0.25, 0.3) is 33.5 Å². The molecule has 0 radical (unpaired) electrons. The third-order valence-electron chi connectivity index (χ3n) is 12.2. The first kappa shape index (κ1) is 45.8. The van der Waals surface area contributed by atoms with Crippen molar-refractivity contribution in [2.45, 2.75) is 129 Å². The number of aromatic nitrogens is 3. The molecule has 17 heteroatoms. The van der Waals surface area contributed by atoms with Gasteiger partial charge in [-0.2, -0.15) is 0 Å². The predicted octanol–water partition coefficient (Wildman–Crippen LogP) is 5.43. The van der Waals surface area contributed by atoms with Gasteiger partial charge in [0.05, 0.1) is 47.9 Å². The molecule has 2 aliphatic heterocycles. The molecule has 2 aliphatic rings. The Kier molecular flexibility index (Phi) is 14.1. The maximum atomic E-state index is 15.6. The number of halogens is 4. The SMILES string of the molecule is CCCC(NC(=O)C(C)NC)C(=O)N1CC(F)CC1Cc1c(-c2nc3cc(F)ccc3n2CC2CC(F)CN2C(=O)C(NC(=O)C(C)NC)C(C)(C)C)[nH]c2cc(Cl)ccc12. The van der Waals surface area contributed by atoms with E-state index in [1.165, 1.54) is 21.9 Å². The van der Waals surface area contributed by atoms with Gasteiger partial charge in [0, 0.05) is 47.4 Å². The number of rotatable bonds is 15. The number of nitrogens with one attached hydrogen (secondary N) is 5. The maximum absolute atomic E-state index is 15.6. The molecule has 0 aliphatic carbocycles. The van der Waals surface area contributed by atoms with Crippen LogP contribution in [0.15, 0.2) is 36.4 Å². The van der Waals surface area contributed by atoms with Gasteiger partial charge in [0.25, 0.3) is 0 Å². The molecule has 0 saturated carbocycles. The molecule has 332 valence electrons. The Morgan fingerprint density at radius 3 is 2.15 bits per heavy atom. The van der Waals surface area contributed by atoms with E-state index in [0.717, 1.165) is 5.39 Å². The molecule has 2 aromatic carbocycles. The van der Waals surface area contributed by atoms with Gasteiger partial charge >= 0.3 is 0 Å². The van der Waals surface area contributed by atoms with E-state index in [1.54, 1.807) is 46.1 Å². The molecule has 2 fully saturated rings. The number of aromatic amines is 1. The van der Waals surface area contributed by atoms with Crippen LogP contribution in [-0.4, -0.2) is 124 Å². The lowest BCUT2D eigenvalue weighted by Gasteiger charge is -2.36. The second kappa shape index (κ2) is 18.7. The number of alkyl halides is 2. The molecular weight excluding hydrogens is 811 g/mol. The number of nitrogens with zero attached hydrogens (tertiary/aromatic N) is 4. The van der Waals surface area contributed by atoms with Gasteiger partial charge < -0.3 is 40.6 Å². The van der Waals surface area contributed by atoms with Crippen molar-refractivity contribution in [2.24, 2.45) is 5.41 Å². The highest BCUT2D eigenvalue weighted by Gasteiger charge is 2.44. The van der Waals surface area contributed by atoms with Crippen molar-refractivity contribution in [3.8, 4) is 11.5 Å². The lowest BCUT2D eigenvalue weighted by atomic mass is 9.85. The van der Waals surface area contributed by atoms with Crippen LogP contribution in [-0.2, 0) is 32.1 Å². The topological polar surface area (TPSA) is 156 Å². The zero-order chi connectivity index (χ0) is 44.5. The van der Waals surface area contributed by atoms with E-state index in [2.05, 4.69) is 26.3 Å². The van der Waals surface area contributed by atoms with E-state index >= 15 is 8.78 Å². The van der Waals surface area contributed by atoms with Crippen molar-refractivity contribution in [1.29, 1.82) is 0 Å². The van der Waals surface area contributed by atoms with Crippen molar-refractivity contribution in [3.05, 3.63) is 52.8 Å². The summed E-state index contributed by atoms with van der Waals surface area (Å²) < 4.78 is 47.8. The Morgan fingerprint density at radius 1 is 0.902 bits per heavy atom. The zero-order valence-electron chi connectivity index (χ0n) is 36.2. The third kappa shape index (κ3) is 9.86. The minimum absolute atomic E-state index is 0.0124. The molecule has 61 heavy (non-hydrogen) atoms. The molecule has 2 aromatic heterocycles. The van der Waals surface area contributed by atoms with Crippen LogP contribution in [0.1, 0.15) is 72.8 Å². The van der Waals surface area contributed by atoms with Crippen LogP contribution in [0.5, 0.6) is 0 Å². The fourth-order valence-electron chi connectivity index (χ4n) is 8.57. The van der Waals surface area contributed by atoms with Crippen molar-refractivity contribution in [1.82, 2.24) is 45.6 Å². The summed E-state index contributed by atoms with van der Waals surface area (Å²) >= 11 is 6.49. The van der Waals surface area contributed by atoms with E-state index in [4.69, 9.17) is 16.6 Å². The first-order valence-electron chi connectivity index (χ1n) is 21.2. The first-order chi connectivity index (χ1) is 28.8. The second-order valence-electron chi connectivity index (χ2n) is 17.7. The van der Waals surface area contributed by atoms with Crippen molar-refractivity contribution < 1.29 is 32.3 Å². The number of hydrogen-bond acceptors (Lipinski definition) is 7. The number of hydrogen-bond donors (Lipinski definition) is 5. The van der Waals surface area contributed by atoms with Gasteiger partial charge in [0.1, 0.15) is 30.2 Å². The van der Waals surface area contributed by atoms with Gasteiger partial charge in [0.2, 0.25) is 23.6 Å². The zero-order valence-corrected chi connectivity index (χ0v) is 36.9. The Bertz CT molecular complexity index is 2260. The number of likely N-dealkylation sites (N-methyl/N-ethyl adjacent to an activating group) is 2. The highest BCUT2D eigenvalue weighted by Crippen LogP contribution is 2.38. The van der Waals surface area contributed by atoms with Crippen LogP contribution >= 0.6 is 11.6 Å². The average Bonchev–Trinajstić information content (AvgIpc) is 3.97. The summed E-state index contributed by atoms with van der Waals surface area (Å²) in [5.74, 6) is -1.64. The smallest absolute Gasteiger partial charge is 0.246 e. The monoisotopic (exact) mass is 869 g/mol.